The van der Waals surface area contributed by atoms with Gasteiger partial charge >= 0.3 is 0 Å². The van der Waals surface area contributed by atoms with Crippen LogP contribution in [0.2, 0.25) is 0 Å². The predicted molar refractivity (Wildman–Crippen MR) is 79.2 cm³/mol. The maximum absolute atomic E-state index is 13.0. The van der Waals surface area contributed by atoms with E-state index in [1.807, 2.05) is 6.92 Å². The summed E-state index contributed by atoms with van der Waals surface area (Å²) in [7, 11) is -2.06. The van der Waals surface area contributed by atoms with Gasteiger partial charge in [0, 0.05) is 26.2 Å². The van der Waals surface area contributed by atoms with Crippen molar-refractivity contribution in [2.24, 2.45) is 11.7 Å². The van der Waals surface area contributed by atoms with Crippen LogP contribution in [0.3, 0.4) is 0 Å². The number of aromatic nitrogens is 2. The van der Waals surface area contributed by atoms with Crippen LogP contribution in [0.5, 0.6) is 0 Å². The molecule has 1 aromatic heterocycles. The molecule has 0 radical (unpaired) electrons. The van der Waals surface area contributed by atoms with Crippen LogP contribution in [-0.2, 0) is 21.3 Å². The second-order valence-corrected chi connectivity index (χ2v) is 7.34. The Hall–Kier alpha value is -0.960. The lowest BCUT2D eigenvalue weighted by molar-refractivity contribution is 0.164. The van der Waals surface area contributed by atoms with Crippen molar-refractivity contribution in [2.45, 2.75) is 44.2 Å². The minimum atomic E-state index is -3.63. The number of hydrogen-bond acceptors (Lipinski definition) is 5. The quantitative estimate of drug-likeness (QED) is 0.732. The molecule has 8 heteroatoms. The van der Waals surface area contributed by atoms with Gasteiger partial charge < -0.3 is 10.5 Å². The molecule has 1 aliphatic rings. The van der Waals surface area contributed by atoms with Gasteiger partial charge in [0.25, 0.3) is 0 Å². The number of aryl methyl sites for hydroxylation is 1. The first-order chi connectivity index (χ1) is 9.93. The Morgan fingerprint density at radius 3 is 2.71 bits per heavy atom. The molecule has 2 rings (SSSR count). The van der Waals surface area contributed by atoms with E-state index in [9.17, 15) is 8.42 Å². The number of aromatic amines is 1. The molecule has 0 spiro atoms. The third-order valence-electron chi connectivity index (χ3n) is 4.00. The van der Waals surface area contributed by atoms with Gasteiger partial charge in [-0.05, 0) is 32.6 Å². The molecule has 1 atom stereocenters. The zero-order valence-electron chi connectivity index (χ0n) is 12.8. The summed E-state index contributed by atoms with van der Waals surface area (Å²) in [5.74, 6) is 0.435. The van der Waals surface area contributed by atoms with Crippen LogP contribution in [-0.4, -0.2) is 49.2 Å². The Morgan fingerprint density at radius 2 is 2.19 bits per heavy atom. The maximum atomic E-state index is 13.0. The van der Waals surface area contributed by atoms with Crippen molar-refractivity contribution in [2.75, 3.05) is 20.3 Å². The molecule has 1 aromatic rings. The Labute approximate surface area is 125 Å². The van der Waals surface area contributed by atoms with Gasteiger partial charge in [0.2, 0.25) is 10.0 Å². The molecule has 1 aliphatic carbocycles. The highest BCUT2D eigenvalue weighted by Crippen LogP contribution is 2.37. The Balaban J connectivity index is 2.38. The molecule has 0 amide bonds. The standard InChI is InChI=1S/C13H24N4O3S/c1-9-13(12(8-14)16-15-9)21(18,19)17(6-7-20-3)10(2)11-4-5-11/h10-11H,4-8,14H2,1-3H3,(H,15,16). The number of nitrogens with one attached hydrogen (secondary N) is 1. The van der Waals surface area contributed by atoms with Gasteiger partial charge in [0.15, 0.2) is 0 Å². The molecule has 1 fully saturated rings. The molecule has 120 valence electrons. The fraction of sp³-hybridized carbons (Fsp3) is 0.769. The molecule has 3 N–H and O–H groups in total. The molecule has 1 heterocycles. The lowest BCUT2D eigenvalue weighted by atomic mass is 10.2. The third-order valence-corrected chi connectivity index (χ3v) is 6.19. The number of methoxy groups -OCH3 is 1. The van der Waals surface area contributed by atoms with Gasteiger partial charge in [-0.2, -0.15) is 9.40 Å². The SMILES string of the molecule is COCCN(C(C)C1CC1)S(=O)(=O)c1c(CN)n[nH]c1C. The molecular weight excluding hydrogens is 292 g/mol. The molecule has 0 bridgehead atoms. The molecule has 0 saturated heterocycles. The Morgan fingerprint density at radius 1 is 1.52 bits per heavy atom. The molecule has 0 aliphatic heterocycles. The van der Waals surface area contributed by atoms with Crippen molar-refractivity contribution < 1.29 is 13.2 Å². The van der Waals surface area contributed by atoms with Crippen LogP contribution in [0, 0.1) is 12.8 Å². The van der Waals surface area contributed by atoms with E-state index < -0.39 is 10.0 Å². The average molecular weight is 316 g/mol. The highest BCUT2D eigenvalue weighted by Gasteiger charge is 2.40. The fourth-order valence-corrected chi connectivity index (χ4v) is 4.62. The topological polar surface area (TPSA) is 101 Å². The van der Waals surface area contributed by atoms with Crippen LogP contribution in [0.4, 0.5) is 0 Å². The summed E-state index contributed by atoms with van der Waals surface area (Å²) >= 11 is 0. The molecule has 0 aromatic carbocycles. The highest BCUT2D eigenvalue weighted by atomic mass is 32.2. The van der Waals surface area contributed by atoms with Gasteiger partial charge in [-0.3, -0.25) is 5.10 Å². The van der Waals surface area contributed by atoms with Gasteiger partial charge in [0.1, 0.15) is 4.90 Å². The maximum Gasteiger partial charge on any atom is 0.247 e. The van der Waals surface area contributed by atoms with E-state index in [0.29, 0.717) is 30.5 Å². The molecule has 21 heavy (non-hydrogen) atoms. The lowest BCUT2D eigenvalue weighted by Crippen LogP contribution is -2.42. The third kappa shape index (κ3) is 3.28. The van der Waals surface area contributed by atoms with E-state index >= 15 is 0 Å². The minimum absolute atomic E-state index is 0.0370. The number of nitrogens with zero attached hydrogens (tertiary/aromatic N) is 2. The van der Waals surface area contributed by atoms with Crippen LogP contribution >= 0.6 is 0 Å². The van der Waals surface area contributed by atoms with Crippen molar-refractivity contribution in [3.05, 3.63) is 11.4 Å². The van der Waals surface area contributed by atoms with E-state index in [1.54, 1.807) is 14.0 Å². The summed E-state index contributed by atoms with van der Waals surface area (Å²) in [5.41, 5.74) is 6.53. The summed E-state index contributed by atoms with van der Waals surface area (Å²) in [6.45, 7) is 4.46. The zero-order valence-corrected chi connectivity index (χ0v) is 13.6. The van der Waals surface area contributed by atoms with Crippen molar-refractivity contribution in [1.82, 2.24) is 14.5 Å². The number of ether oxygens (including phenoxy) is 1. The first kappa shape index (κ1) is 16.4. The minimum Gasteiger partial charge on any atom is -0.383 e. The Bertz CT molecular complexity index is 580. The molecule has 1 unspecified atom stereocenters. The van der Waals surface area contributed by atoms with E-state index in [4.69, 9.17) is 10.5 Å². The van der Waals surface area contributed by atoms with Crippen LogP contribution in [0.15, 0.2) is 4.90 Å². The molecule has 1 saturated carbocycles. The second-order valence-electron chi connectivity index (χ2n) is 5.52. The number of hydrogen-bond donors (Lipinski definition) is 2. The van der Waals surface area contributed by atoms with Crippen molar-refractivity contribution in [1.29, 1.82) is 0 Å². The number of sulfonamides is 1. The molecule has 7 nitrogen and oxygen atoms in total. The first-order valence-corrected chi connectivity index (χ1v) is 8.62. The van der Waals surface area contributed by atoms with E-state index in [1.165, 1.54) is 4.31 Å². The Kier molecular flexibility index (Phi) is 5.03. The van der Waals surface area contributed by atoms with E-state index in [2.05, 4.69) is 10.2 Å². The van der Waals surface area contributed by atoms with E-state index in [0.717, 1.165) is 12.8 Å². The van der Waals surface area contributed by atoms with Gasteiger partial charge in [-0.15, -0.1) is 0 Å². The zero-order chi connectivity index (χ0) is 15.6. The van der Waals surface area contributed by atoms with Crippen molar-refractivity contribution in [3.63, 3.8) is 0 Å². The summed E-state index contributed by atoms with van der Waals surface area (Å²) in [6, 6.07) is -0.0370. The van der Waals surface area contributed by atoms with E-state index in [-0.39, 0.29) is 17.5 Å². The lowest BCUT2D eigenvalue weighted by Gasteiger charge is -2.28. The van der Waals surface area contributed by atoms with Crippen LogP contribution in [0.1, 0.15) is 31.2 Å². The van der Waals surface area contributed by atoms with Crippen LogP contribution < -0.4 is 5.73 Å². The average Bonchev–Trinajstić information content (AvgIpc) is 3.21. The van der Waals surface area contributed by atoms with Gasteiger partial charge in [-0.1, -0.05) is 0 Å². The number of H-pyrrole nitrogens is 1. The smallest absolute Gasteiger partial charge is 0.247 e. The number of nitrogens with two attached hydrogens (primary N) is 1. The van der Waals surface area contributed by atoms with Crippen molar-refractivity contribution in [3.8, 4) is 0 Å². The number of rotatable bonds is 8. The fourth-order valence-electron chi connectivity index (χ4n) is 2.60. The summed E-state index contributed by atoms with van der Waals surface area (Å²) < 4.78 is 32.7. The summed E-state index contributed by atoms with van der Waals surface area (Å²) in [6.07, 6.45) is 2.16. The highest BCUT2D eigenvalue weighted by molar-refractivity contribution is 7.89. The predicted octanol–water partition coefficient (Wildman–Crippen LogP) is 0.612. The van der Waals surface area contributed by atoms with Crippen molar-refractivity contribution >= 4 is 10.0 Å². The molecular formula is C13H24N4O3S. The van der Waals surface area contributed by atoms with Crippen LogP contribution in [0.25, 0.3) is 0 Å². The monoisotopic (exact) mass is 316 g/mol. The second kappa shape index (κ2) is 6.43. The van der Waals surface area contributed by atoms with Gasteiger partial charge in [0.05, 0.1) is 18.0 Å². The first-order valence-electron chi connectivity index (χ1n) is 7.18. The summed E-state index contributed by atoms with van der Waals surface area (Å²) in [5, 5.41) is 6.72. The summed E-state index contributed by atoms with van der Waals surface area (Å²) in [4.78, 5) is 0.216. The normalized spacial score (nSPS) is 17.4. The largest absolute Gasteiger partial charge is 0.383 e. The van der Waals surface area contributed by atoms with Gasteiger partial charge in [-0.25, -0.2) is 8.42 Å².